The normalized spacial score (nSPS) is 15.1. The smallest absolute Gasteiger partial charge is 0.238 e. The molecule has 2 heterocycles. The zero-order chi connectivity index (χ0) is 19.8. The van der Waals surface area contributed by atoms with Crippen LogP contribution in [-0.4, -0.2) is 48.2 Å². The largest absolute Gasteiger partial charge is 0.353 e. The molecular formula is C21H25N3O3S. The van der Waals surface area contributed by atoms with Crippen molar-refractivity contribution in [3.63, 3.8) is 0 Å². The van der Waals surface area contributed by atoms with E-state index < -0.39 is 0 Å². The van der Waals surface area contributed by atoms with Crippen LogP contribution in [0, 0.1) is 0 Å². The maximum atomic E-state index is 12.1. The number of piperidine rings is 1. The van der Waals surface area contributed by atoms with Crippen molar-refractivity contribution in [1.82, 2.24) is 10.2 Å². The fourth-order valence-electron chi connectivity index (χ4n) is 3.25. The van der Waals surface area contributed by atoms with Crippen molar-refractivity contribution in [2.24, 2.45) is 0 Å². The van der Waals surface area contributed by atoms with Crippen LogP contribution < -0.4 is 10.6 Å². The molecule has 2 amide bonds. The van der Waals surface area contributed by atoms with Crippen molar-refractivity contribution in [3.8, 4) is 0 Å². The maximum absolute atomic E-state index is 12.1. The topological polar surface area (TPSA) is 78.5 Å². The van der Waals surface area contributed by atoms with Crippen molar-refractivity contribution < 1.29 is 14.4 Å². The maximum Gasteiger partial charge on any atom is 0.238 e. The first-order valence-corrected chi connectivity index (χ1v) is 10.4. The van der Waals surface area contributed by atoms with E-state index in [0.717, 1.165) is 31.6 Å². The molecule has 2 N–H and O–H groups in total. The van der Waals surface area contributed by atoms with Crippen LogP contribution in [-0.2, 0) is 9.59 Å². The molecule has 0 spiro atoms. The van der Waals surface area contributed by atoms with Crippen LogP contribution in [0.4, 0.5) is 5.69 Å². The van der Waals surface area contributed by atoms with Crippen molar-refractivity contribution in [2.45, 2.75) is 31.7 Å². The number of carbonyl (C=O) groups is 3. The number of ketones is 1. The third-order valence-electron chi connectivity index (χ3n) is 4.75. The van der Waals surface area contributed by atoms with Gasteiger partial charge in [0.15, 0.2) is 5.78 Å². The number of nitrogens with zero attached hydrogens (tertiary/aromatic N) is 1. The molecule has 7 heteroatoms. The first-order chi connectivity index (χ1) is 13.6. The average Bonchev–Trinajstić information content (AvgIpc) is 3.23. The van der Waals surface area contributed by atoms with Gasteiger partial charge in [-0.1, -0.05) is 24.3 Å². The molecule has 2 aromatic rings. The molecule has 1 aromatic carbocycles. The minimum absolute atomic E-state index is 0.0180. The second-order valence-corrected chi connectivity index (χ2v) is 7.88. The van der Waals surface area contributed by atoms with Crippen LogP contribution in [0.1, 0.15) is 35.4 Å². The number of hydrogen-bond donors (Lipinski definition) is 2. The fourth-order valence-corrected chi connectivity index (χ4v) is 3.94. The average molecular weight is 400 g/mol. The van der Waals surface area contributed by atoms with E-state index >= 15 is 0 Å². The van der Waals surface area contributed by atoms with Crippen molar-refractivity contribution in [1.29, 1.82) is 0 Å². The van der Waals surface area contributed by atoms with Gasteiger partial charge in [0, 0.05) is 37.7 Å². The van der Waals surface area contributed by atoms with Gasteiger partial charge >= 0.3 is 0 Å². The lowest BCUT2D eigenvalue weighted by Gasteiger charge is -2.31. The van der Waals surface area contributed by atoms with Gasteiger partial charge in [-0.15, -0.1) is 11.3 Å². The molecular weight excluding hydrogens is 374 g/mol. The summed E-state index contributed by atoms with van der Waals surface area (Å²) in [7, 11) is 0. The summed E-state index contributed by atoms with van der Waals surface area (Å²) >= 11 is 1.40. The Morgan fingerprint density at radius 2 is 1.71 bits per heavy atom. The summed E-state index contributed by atoms with van der Waals surface area (Å²) in [4.78, 5) is 39.0. The van der Waals surface area contributed by atoms with Gasteiger partial charge in [-0.25, -0.2) is 0 Å². The van der Waals surface area contributed by atoms with Gasteiger partial charge in [0.2, 0.25) is 11.8 Å². The number of Topliss-reactive ketones (excluding diaryl/α,β-unsaturated/α-hetero) is 1. The molecule has 0 aliphatic carbocycles. The third-order valence-corrected chi connectivity index (χ3v) is 5.66. The molecule has 1 aliphatic heterocycles. The van der Waals surface area contributed by atoms with Gasteiger partial charge in [-0.05, 0) is 36.4 Å². The van der Waals surface area contributed by atoms with Gasteiger partial charge in [0.25, 0.3) is 0 Å². The number of nitrogens with one attached hydrogen (secondary N) is 2. The van der Waals surface area contributed by atoms with E-state index in [9.17, 15) is 14.4 Å². The lowest BCUT2D eigenvalue weighted by atomic mass is 10.0. The Labute approximate surface area is 168 Å². The Morgan fingerprint density at radius 3 is 2.39 bits per heavy atom. The highest BCUT2D eigenvalue weighted by atomic mass is 32.1. The molecule has 1 aliphatic rings. The standard InChI is InChI=1S/C21H25N3O3S/c25-18(19-7-4-14-28-19)8-9-20(26)22-17-10-12-24(13-11-17)15-21(27)23-16-5-2-1-3-6-16/h1-7,14,17H,8-13,15H2,(H,22,26)(H,23,27). The number of hydrogen-bond acceptors (Lipinski definition) is 5. The zero-order valence-electron chi connectivity index (χ0n) is 15.7. The van der Waals surface area contributed by atoms with E-state index in [1.165, 1.54) is 11.3 Å². The molecule has 0 bridgehead atoms. The molecule has 28 heavy (non-hydrogen) atoms. The Morgan fingerprint density at radius 1 is 0.964 bits per heavy atom. The Hall–Kier alpha value is -2.51. The van der Waals surface area contributed by atoms with Gasteiger partial charge in [-0.3, -0.25) is 19.3 Å². The number of carbonyl (C=O) groups excluding carboxylic acids is 3. The Bertz CT molecular complexity index is 784. The van der Waals surface area contributed by atoms with Crippen molar-refractivity contribution >= 4 is 34.6 Å². The summed E-state index contributed by atoms with van der Waals surface area (Å²) in [6.07, 6.45) is 2.08. The number of amides is 2. The number of likely N-dealkylation sites (tertiary alicyclic amines) is 1. The van der Waals surface area contributed by atoms with Crippen LogP contribution in [0.5, 0.6) is 0 Å². The number of thiophene rings is 1. The molecule has 148 valence electrons. The molecule has 0 unspecified atom stereocenters. The van der Waals surface area contributed by atoms with Gasteiger partial charge in [0.05, 0.1) is 11.4 Å². The van der Waals surface area contributed by atoms with E-state index in [2.05, 4.69) is 15.5 Å². The number of rotatable bonds is 8. The second-order valence-electron chi connectivity index (χ2n) is 6.93. The predicted octanol–water partition coefficient (Wildman–Crippen LogP) is 2.93. The van der Waals surface area contributed by atoms with E-state index in [1.54, 1.807) is 6.07 Å². The monoisotopic (exact) mass is 399 g/mol. The van der Waals surface area contributed by atoms with Gasteiger partial charge < -0.3 is 10.6 Å². The van der Waals surface area contributed by atoms with Crippen LogP contribution in [0.2, 0.25) is 0 Å². The summed E-state index contributed by atoms with van der Waals surface area (Å²) in [6.45, 7) is 1.88. The predicted molar refractivity (Wildman–Crippen MR) is 111 cm³/mol. The van der Waals surface area contributed by atoms with Gasteiger partial charge in [-0.2, -0.15) is 0 Å². The zero-order valence-corrected chi connectivity index (χ0v) is 16.5. The molecule has 1 saturated heterocycles. The van der Waals surface area contributed by atoms with E-state index in [4.69, 9.17) is 0 Å². The molecule has 0 atom stereocenters. The molecule has 0 saturated carbocycles. The highest BCUT2D eigenvalue weighted by molar-refractivity contribution is 7.12. The number of benzene rings is 1. The second kappa shape index (κ2) is 10.1. The minimum Gasteiger partial charge on any atom is -0.353 e. The van der Waals surface area contributed by atoms with E-state index in [-0.39, 0.29) is 36.5 Å². The molecule has 1 aromatic heterocycles. The molecule has 1 fully saturated rings. The summed E-state index contributed by atoms with van der Waals surface area (Å²) in [6, 6.07) is 13.1. The van der Waals surface area contributed by atoms with Crippen LogP contribution >= 0.6 is 11.3 Å². The summed E-state index contributed by atoms with van der Waals surface area (Å²) < 4.78 is 0. The van der Waals surface area contributed by atoms with Crippen molar-refractivity contribution in [2.75, 3.05) is 25.0 Å². The summed E-state index contributed by atoms with van der Waals surface area (Å²) in [5.74, 6) is -0.0876. The number of para-hydroxylation sites is 1. The summed E-state index contributed by atoms with van der Waals surface area (Å²) in [5, 5.41) is 7.77. The Kier molecular flexibility index (Phi) is 7.33. The summed E-state index contributed by atoms with van der Waals surface area (Å²) in [5.41, 5.74) is 0.798. The highest BCUT2D eigenvalue weighted by Crippen LogP contribution is 2.14. The van der Waals surface area contributed by atoms with Crippen LogP contribution in [0.15, 0.2) is 47.8 Å². The van der Waals surface area contributed by atoms with Crippen LogP contribution in [0.25, 0.3) is 0 Å². The third kappa shape index (κ3) is 6.28. The molecule has 3 rings (SSSR count). The quantitative estimate of drug-likeness (QED) is 0.669. The first kappa shape index (κ1) is 20.2. The number of anilines is 1. The fraction of sp³-hybridized carbons (Fsp3) is 0.381. The van der Waals surface area contributed by atoms with E-state index in [0.29, 0.717) is 11.4 Å². The highest BCUT2D eigenvalue weighted by Gasteiger charge is 2.22. The minimum atomic E-state index is -0.0785. The molecule has 6 nitrogen and oxygen atoms in total. The molecule has 0 radical (unpaired) electrons. The Balaban J connectivity index is 1.33. The first-order valence-electron chi connectivity index (χ1n) is 9.53. The lowest BCUT2D eigenvalue weighted by Crippen LogP contribution is -2.46. The van der Waals surface area contributed by atoms with Crippen LogP contribution in [0.3, 0.4) is 0 Å². The SMILES string of the molecule is O=C(CN1CCC(NC(=O)CCC(=O)c2cccs2)CC1)Nc1ccccc1. The lowest BCUT2D eigenvalue weighted by molar-refractivity contribution is -0.122. The van der Waals surface area contributed by atoms with E-state index in [1.807, 2.05) is 41.8 Å². The van der Waals surface area contributed by atoms with Crippen molar-refractivity contribution in [3.05, 3.63) is 52.7 Å². The van der Waals surface area contributed by atoms with Gasteiger partial charge in [0.1, 0.15) is 0 Å².